The molecule has 0 bridgehead atoms. The molecule has 0 radical (unpaired) electrons. The third-order valence-electron chi connectivity index (χ3n) is 2.82. The number of anilines is 1. The molecule has 0 aliphatic heterocycles. The van der Waals surface area contributed by atoms with Crippen LogP contribution in [0.2, 0.25) is 0 Å². The Hall–Kier alpha value is -2.23. The van der Waals surface area contributed by atoms with Crippen LogP contribution in [-0.2, 0) is 0 Å². The summed E-state index contributed by atoms with van der Waals surface area (Å²) in [5.74, 6) is -0.890. The zero-order valence-electron chi connectivity index (χ0n) is 10.2. The lowest BCUT2D eigenvalue weighted by atomic mass is 10.1. The van der Waals surface area contributed by atoms with Crippen LogP contribution in [0, 0.1) is 19.7 Å². The molecular formula is C14H13FN2O. The Kier molecular flexibility index (Phi) is 3.37. The summed E-state index contributed by atoms with van der Waals surface area (Å²) in [4.78, 5) is 15.6. The van der Waals surface area contributed by atoms with Gasteiger partial charge in [-0.3, -0.25) is 9.78 Å². The van der Waals surface area contributed by atoms with E-state index in [1.165, 1.54) is 6.20 Å². The standard InChI is InChI=1S/C14H13FN2O/c1-9-4-3-5-13(10(9)2)17-14(18)11-6-12(15)8-16-7-11/h3-8H,1-2H3,(H,17,18). The van der Waals surface area contributed by atoms with Gasteiger partial charge in [0.05, 0.1) is 11.8 Å². The quantitative estimate of drug-likeness (QED) is 0.882. The zero-order chi connectivity index (χ0) is 13.1. The largest absolute Gasteiger partial charge is 0.322 e. The van der Waals surface area contributed by atoms with Crippen LogP contribution < -0.4 is 5.32 Å². The normalized spacial score (nSPS) is 10.2. The number of aromatic nitrogens is 1. The molecule has 0 saturated heterocycles. The molecule has 18 heavy (non-hydrogen) atoms. The van der Waals surface area contributed by atoms with Crippen molar-refractivity contribution in [1.29, 1.82) is 0 Å². The topological polar surface area (TPSA) is 42.0 Å². The number of halogens is 1. The average molecular weight is 244 g/mol. The number of rotatable bonds is 2. The fourth-order valence-corrected chi connectivity index (χ4v) is 1.62. The fraction of sp³-hybridized carbons (Fsp3) is 0.143. The summed E-state index contributed by atoms with van der Waals surface area (Å²) in [6.45, 7) is 3.89. The molecule has 1 amide bonds. The molecule has 4 heteroatoms. The summed E-state index contributed by atoms with van der Waals surface area (Å²) in [6.07, 6.45) is 2.40. The molecule has 0 aliphatic carbocycles. The van der Waals surface area contributed by atoms with Gasteiger partial charge in [-0.15, -0.1) is 0 Å². The number of aryl methyl sites for hydroxylation is 1. The van der Waals surface area contributed by atoms with Gasteiger partial charge in [0, 0.05) is 11.9 Å². The highest BCUT2D eigenvalue weighted by molar-refractivity contribution is 6.04. The molecule has 92 valence electrons. The molecule has 1 aromatic heterocycles. The van der Waals surface area contributed by atoms with Crippen LogP contribution >= 0.6 is 0 Å². The molecule has 0 fully saturated rings. The molecular weight excluding hydrogens is 231 g/mol. The molecule has 2 aromatic rings. The van der Waals surface area contributed by atoms with Crippen molar-refractivity contribution < 1.29 is 9.18 Å². The van der Waals surface area contributed by atoms with Gasteiger partial charge in [0.15, 0.2) is 0 Å². The van der Waals surface area contributed by atoms with Crippen molar-refractivity contribution in [3.8, 4) is 0 Å². The van der Waals surface area contributed by atoms with E-state index < -0.39 is 5.82 Å². The fourth-order valence-electron chi connectivity index (χ4n) is 1.62. The Morgan fingerprint density at radius 2 is 2.06 bits per heavy atom. The van der Waals surface area contributed by atoms with E-state index in [1.54, 1.807) is 0 Å². The minimum atomic E-state index is -0.524. The lowest BCUT2D eigenvalue weighted by molar-refractivity contribution is 0.102. The summed E-state index contributed by atoms with van der Waals surface area (Å²) < 4.78 is 13.0. The molecule has 1 N–H and O–H groups in total. The van der Waals surface area contributed by atoms with Crippen molar-refractivity contribution in [2.45, 2.75) is 13.8 Å². The highest BCUT2D eigenvalue weighted by atomic mass is 19.1. The number of pyridine rings is 1. The predicted molar refractivity (Wildman–Crippen MR) is 68.1 cm³/mol. The number of carbonyl (C=O) groups excluding carboxylic acids is 1. The number of nitrogens with zero attached hydrogens (tertiary/aromatic N) is 1. The van der Waals surface area contributed by atoms with Crippen LogP contribution in [0.15, 0.2) is 36.7 Å². The Balaban J connectivity index is 2.24. The van der Waals surface area contributed by atoms with E-state index in [4.69, 9.17) is 0 Å². The smallest absolute Gasteiger partial charge is 0.257 e. The first-order chi connectivity index (χ1) is 8.58. The maximum Gasteiger partial charge on any atom is 0.257 e. The molecule has 0 aliphatic rings. The van der Waals surface area contributed by atoms with Gasteiger partial charge in [-0.05, 0) is 37.1 Å². The third-order valence-corrected chi connectivity index (χ3v) is 2.82. The Bertz CT molecular complexity index is 596. The van der Waals surface area contributed by atoms with Crippen LogP contribution in [0.1, 0.15) is 21.5 Å². The van der Waals surface area contributed by atoms with E-state index in [9.17, 15) is 9.18 Å². The SMILES string of the molecule is Cc1cccc(NC(=O)c2cncc(F)c2)c1C. The van der Waals surface area contributed by atoms with Gasteiger partial charge in [-0.25, -0.2) is 4.39 Å². The van der Waals surface area contributed by atoms with E-state index >= 15 is 0 Å². The number of hydrogen-bond acceptors (Lipinski definition) is 2. The first-order valence-corrected chi connectivity index (χ1v) is 5.56. The van der Waals surface area contributed by atoms with Crippen molar-refractivity contribution in [3.05, 3.63) is 59.2 Å². The average Bonchev–Trinajstić information content (AvgIpc) is 2.35. The van der Waals surface area contributed by atoms with Crippen molar-refractivity contribution >= 4 is 11.6 Å². The van der Waals surface area contributed by atoms with Crippen LogP contribution in [-0.4, -0.2) is 10.9 Å². The Morgan fingerprint density at radius 3 is 2.78 bits per heavy atom. The summed E-state index contributed by atoms with van der Waals surface area (Å²) in [7, 11) is 0. The molecule has 2 rings (SSSR count). The Morgan fingerprint density at radius 1 is 1.28 bits per heavy atom. The maximum absolute atomic E-state index is 13.0. The lowest BCUT2D eigenvalue weighted by Crippen LogP contribution is -2.13. The van der Waals surface area contributed by atoms with Crippen molar-refractivity contribution in [2.24, 2.45) is 0 Å². The van der Waals surface area contributed by atoms with Crippen LogP contribution in [0.4, 0.5) is 10.1 Å². The Labute approximate surface area is 105 Å². The monoisotopic (exact) mass is 244 g/mol. The van der Waals surface area contributed by atoms with Crippen molar-refractivity contribution in [3.63, 3.8) is 0 Å². The van der Waals surface area contributed by atoms with Crippen LogP contribution in [0.3, 0.4) is 0 Å². The van der Waals surface area contributed by atoms with E-state index in [0.29, 0.717) is 0 Å². The summed E-state index contributed by atoms with van der Waals surface area (Å²) >= 11 is 0. The van der Waals surface area contributed by atoms with Crippen molar-refractivity contribution in [2.75, 3.05) is 5.32 Å². The number of amides is 1. The van der Waals surface area contributed by atoms with Crippen LogP contribution in [0.5, 0.6) is 0 Å². The van der Waals surface area contributed by atoms with Gasteiger partial charge in [-0.2, -0.15) is 0 Å². The second kappa shape index (κ2) is 4.96. The minimum absolute atomic E-state index is 0.205. The maximum atomic E-state index is 13.0. The number of carbonyl (C=O) groups is 1. The summed E-state index contributed by atoms with van der Waals surface area (Å²) in [5.41, 5.74) is 3.01. The number of hydrogen-bond donors (Lipinski definition) is 1. The first-order valence-electron chi connectivity index (χ1n) is 5.56. The lowest BCUT2D eigenvalue weighted by Gasteiger charge is -2.10. The number of benzene rings is 1. The van der Waals surface area contributed by atoms with Gasteiger partial charge in [0.2, 0.25) is 0 Å². The molecule has 0 spiro atoms. The van der Waals surface area contributed by atoms with Gasteiger partial charge in [0.1, 0.15) is 5.82 Å². The van der Waals surface area contributed by atoms with E-state index in [0.717, 1.165) is 29.1 Å². The van der Waals surface area contributed by atoms with Gasteiger partial charge in [0.25, 0.3) is 5.91 Å². The van der Waals surface area contributed by atoms with Gasteiger partial charge < -0.3 is 5.32 Å². The molecule has 0 unspecified atom stereocenters. The molecule has 1 aromatic carbocycles. The number of nitrogens with one attached hydrogen (secondary N) is 1. The minimum Gasteiger partial charge on any atom is -0.322 e. The molecule has 0 saturated carbocycles. The van der Waals surface area contributed by atoms with Gasteiger partial charge in [-0.1, -0.05) is 12.1 Å². The van der Waals surface area contributed by atoms with E-state index in [2.05, 4.69) is 10.3 Å². The highest BCUT2D eigenvalue weighted by Crippen LogP contribution is 2.18. The first kappa shape index (κ1) is 12.2. The third kappa shape index (κ3) is 2.53. The summed E-state index contributed by atoms with van der Waals surface area (Å²) in [5, 5.41) is 2.75. The predicted octanol–water partition coefficient (Wildman–Crippen LogP) is 3.09. The summed E-state index contributed by atoms with van der Waals surface area (Å²) in [6, 6.07) is 6.80. The van der Waals surface area contributed by atoms with E-state index in [1.807, 2.05) is 32.0 Å². The van der Waals surface area contributed by atoms with Crippen LogP contribution in [0.25, 0.3) is 0 Å². The molecule has 3 nitrogen and oxygen atoms in total. The van der Waals surface area contributed by atoms with Crippen molar-refractivity contribution in [1.82, 2.24) is 4.98 Å². The zero-order valence-corrected chi connectivity index (χ0v) is 10.2. The highest BCUT2D eigenvalue weighted by Gasteiger charge is 2.09. The molecule has 0 atom stereocenters. The van der Waals surface area contributed by atoms with E-state index in [-0.39, 0.29) is 11.5 Å². The second-order valence-corrected chi connectivity index (χ2v) is 4.09. The second-order valence-electron chi connectivity index (χ2n) is 4.09. The van der Waals surface area contributed by atoms with Gasteiger partial charge >= 0.3 is 0 Å². The molecule has 1 heterocycles.